The van der Waals surface area contributed by atoms with Crippen molar-refractivity contribution in [1.29, 1.82) is 0 Å². The first-order chi connectivity index (χ1) is 8.51. The molecule has 18 heavy (non-hydrogen) atoms. The maximum absolute atomic E-state index is 11.3. The monoisotopic (exact) mass is 250 g/mol. The van der Waals surface area contributed by atoms with Crippen molar-refractivity contribution in [2.24, 2.45) is 5.41 Å². The van der Waals surface area contributed by atoms with Crippen molar-refractivity contribution in [2.45, 2.75) is 39.5 Å². The highest BCUT2D eigenvalue weighted by molar-refractivity contribution is 5.74. The molecule has 0 aliphatic rings. The van der Waals surface area contributed by atoms with Crippen LogP contribution in [0.15, 0.2) is 24.3 Å². The van der Waals surface area contributed by atoms with Gasteiger partial charge in [0, 0.05) is 0 Å². The Bertz CT molecular complexity index is 383. The minimum atomic E-state index is -0.696. The van der Waals surface area contributed by atoms with Crippen LogP contribution < -0.4 is 4.74 Å². The minimum Gasteiger partial charge on any atom is -0.497 e. The van der Waals surface area contributed by atoms with Gasteiger partial charge in [-0.2, -0.15) is 0 Å². The smallest absolute Gasteiger partial charge is 0.309 e. The van der Waals surface area contributed by atoms with Gasteiger partial charge in [0.2, 0.25) is 0 Å². The van der Waals surface area contributed by atoms with E-state index in [4.69, 9.17) is 4.74 Å². The maximum atomic E-state index is 11.3. The predicted molar refractivity (Wildman–Crippen MR) is 72.0 cm³/mol. The topological polar surface area (TPSA) is 46.5 Å². The fourth-order valence-electron chi connectivity index (χ4n) is 2.10. The number of carbonyl (C=O) groups is 1. The van der Waals surface area contributed by atoms with Gasteiger partial charge in [-0.15, -0.1) is 0 Å². The Hall–Kier alpha value is -1.51. The molecule has 100 valence electrons. The summed E-state index contributed by atoms with van der Waals surface area (Å²) in [5.74, 6) is 0.131. The van der Waals surface area contributed by atoms with E-state index in [9.17, 15) is 9.90 Å². The highest BCUT2D eigenvalue weighted by Gasteiger charge is 2.31. The molecule has 1 unspecified atom stereocenters. The molecule has 3 heteroatoms. The predicted octanol–water partition coefficient (Wildman–Crippen LogP) is 3.52. The third-order valence-corrected chi connectivity index (χ3v) is 3.44. The van der Waals surface area contributed by atoms with Crippen LogP contribution in [0, 0.1) is 5.41 Å². The standard InChI is InChI=1S/C15H22O3/c1-4-10-15(2,14(16)17)11-9-12-5-7-13(18-3)8-6-12/h5-8H,4,9-11H2,1-3H3,(H,16,17). The molecule has 0 aliphatic carbocycles. The number of hydrogen-bond acceptors (Lipinski definition) is 2. The third kappa shape index (κ3) is 3.76. The molecule has 0 radical (unpaired) electrons. The van der Waals surface area contributed by atoms with Crippen LogP contribution in [0.4, 0.5) is 0 Å². The number of carboxylic acid groups (broad SMARTS) is 1. The lowest BCUT2D eigenvalue weighted by Gasteiger charge is -2.24. The molecule has 1 rings (SSSR count). The Balaban J connectivity index is 2.64. The molecule has 1 atom stereocenters. The van der Waals surface area contributed by atoms with Gasteiger partial charge in [0.25, 0.3) is 0 Å². The second-order valence-corrected chi connectivity index (χ2v) is 4.96. The molecule has 3 nitrogen and oxygen atoms in total. The fraction of sp³-hybridized carbons (Fsp3) is 0.533. The number of rotatable bonds is 7. The molecule has 1 aromatic carbocycles. The fourth-order valence-corrected chi connectivity index (χ4v) is 2.10. The summed E-state index contributed by atoms with van der Waals surface area (Å²) in [6.45, 7) is 3.86. The number of benzene rings is 1. The third-order valence-electron chi connectivity index (χ3n) is 3.44. The van der Waals surface area contributed by atoms with Crippen LogP contribution in [0.3, 0.4) is 0 Å². The van der Waals surface area contributed by atoms with E-state index < -0.39 is 11.4 Å². The molecule has 0 aliphatic heterocycles. The Morgan fingerprint density at radius 3 is 2.33 bits per heavy atom. The highest BCUT2D eigenvalue weighted by Crippen LogP contribution is 2.30. The normalized spacial score (nSPS) is 13.9. The Morgan fingerprint density at radius 2 is 1.89 bits per heavy atom. The molecule has 0 fully saturated rings. The number of carboxylic acids is 1. The van der Waals surface area contributed by atoms with Crippen molar-refractivity contribution in [2.75, 3.05) is 7.11 Å². The molecule has 1 N–H and O–H groups in total. The summed E-state index contributed by atoms with van der Waals surface area (Å²) in [6.07, 6.45) is 3.07. The number of aryl methyl sites for hydroxylation is 1. The van der Waals surface area contributed by atoms with Gasteiger partial charge in [0.15, 0.2) is 0 Å². The summed E-state index contributed by atoms with van der Waals surface area (Å²) in [4.78, 5) is 11.3. The van der Waals surface area contributed by atoms with Crippen molar-refractivity contribution < 1.29 is 14.6 Å². The summed E-state index contributed by atoms with van der Waals surface area (Å²) in [6, 6.07) is 7.81. The lowest BCUT2D eigenvalue weighted by atomic mass is 9.80. The van der Waals surface area contributed by atoms with Gasteiger partial charge in [-0.3, -0.25) is 4.79 Å². The Morgan fingerprint density at radius 1 is 1.28 bits per heavy atom. The van der Waals surface area contributed by atoms with Crippen LogP contribution in [0.5, 0.6) is 5.75 Å². The zero-order valence-corrected chi connectivity index (χ0v) is 11.4. The van der Waals surface area contributed by atoms with Gasteiger partial charge >= 0.3 is 5.97 Å². The minimum absolute atomic E-state index is 0.616. The second-order valence-electron chi connectivity index (χ2n) is 4.96. The second kappa shape index (κ2) is 6.43. The first-order valence-corrected chi connectivity index (χ1v) is 6.38. The number of ether oxygens (including phenoxy) is 1. The van der Waals surface area contributed by atoms with Crippen molar-refractivity contribution >= 4 is 5.97 Å². The van der Waals surface area contributed by atoms with Crippen LogP contribution >= 0.6 is 0 Å². The zero-order valence-electron chi connectivity index (χ0n) is 11.4. The summed E-state index contributed by atoms with van der Waals surface area (Å²) >= 11 is 0. The molecule has 1 aromatic rings. The van der Waals surface area contributed by atoms with Gasteiger partial charge < -0.3 is 9.84 Å². The molecule has 0 aromatic heterocycles. The van der Waals surface area contributed by atoms with Crippen molar-refractivity contribution in [1.82, 2.24) is 0 Å². The van der Waals surface area contributed by atoms with E-state index >= 15 is 0 Å². The van der Waals surface area contributed by atoms with Crippen LogP contribution in [0.2, 0.25) is 0 Å². The highest BCUT2D eigenvalue weighted by atomic mass is 16.5. The molecule has 0 saturated heterocycles. The van der Waals surface area contributed by atoms with Crippen LogP contribution in [0.25, 0.3) is 0 Å². The quantitative estimate of drug-likeness (QED) is 0.805. The van der Waals surface area contributed by atoms with Gasteiger partial charge in [0.05, 0.1) is 12.5 Å². The molecule has 0 bridgehead atoms. The molecule has 0 saturated carbocycles. The molecular weight excluding hydrogens is 228 g/mol. The average Bonchev–Trinajstić information content (AvgIpc) is 2.37. The van der Waals surface area contributed by atoms with Crippen LogP contribution in [-0.4, -0.2) is 18.2 Å². The van der Waals surface area contributed by atoms with E-state index in [0.29, 0.717) is 6.42 Å². The zero-order chi connectivity index (χ0) is 13.6. The lowest BCUT2D eigenvalue weighted by Crippen LogP contribution is -2.28. The van der Waals surface area contributed by atoms with E-state index in [1.807, 2.05) is 38.1 Å². The number of methoxy groups -OCH3 is 1. The van der Waals surface area contributed by atoms with Crippen molar-refractivity contribution in [3.05, 3.63) is 29.8 Å². The lowest BCUT2D eigenvalue weighted by molar-refractivity contribution is -0.148. The van der Waals surface area contributed by atoms with Gasteiger partial charge in [-0.1, -0.05) is 25.5 Å². The largest absolute Gasteiger partial charge is 0.497 e. The molecule has 0 spiro atoms. The van der Waals surface area contributed by atoms with Gasteiger partial charge in [-0.25, -0.2) is 0 Å². The molecule has 0 heterocycles. The molecule has 0 amide bonds. The Labute approximate surface area is 109 Å². The maximum Gasteiger partial charge on any atom is 0.309 e. The summed E-state index contributed by atoms with van der Waals surface area (Å²) < 4.78 is 5.10. The SMILES string of the molecule is CCCC(C)(CCc1ccc(OC)cc1)C(=O)O. The summed E-state index contributed by atoms with van der Waals surface area (Å²) in [7, 11) is 1.64. The van der Waals surface area contributed by atoms with Gasteiger partial charge in [-0.05, 0) is 43.9 Å². The van der Waals surface area contributed by atoms with E-state index in [-0.39, 0.29) is 0 Å². The van der Waals surface area contributed by atoms with E-state index in [0.717, 1.165) is 30.6 Å². The molecular formula is C15H22O3. The first kappa shape index (κ1) is 14.6. The number of aliphatic carboxylic acids is 1. The van der Waals surface area contributed by atoms with Crippen LogP contribution in [-0.2, 0) is 11.2 Å². The van der Waals surface area contributed by atoms with E-state index in [1.165, 1.54) is 0 Å². The van der Waals surface area contributed by atoms with E-state index in [2.05, 4.69) is 0 Å². The van der Waals surface area contributed by atoms with Crippen LogP contribution in [0.1, 0.15) is 38.7 Å². The average molecular weight is 250 g/mol. The first-order valence-electron chi connectivity index (χ1n) is 6.38. The van der Waals surface area contributed by atoms with Gasteiger partial charge in [0.1, 0.15) is 5.75 Å². The summed E-state index contributed by atoms with van der Waals surface area (Å²) in [5.41, 5.74) is 0.536. The van der Waals surface area contributed by atoms with Crippen molar-refractivity contribution in [3.63, 3.8) is 0 Å². The van der Waals surface area contributed by atoms with Crippen molar-refractivity contribution in [3.8, 4) is 5.75 Å². The Kier molecular flexibility index (Phi) is 5.20. The number of hydrogen-bond donors (Lipinski definition) is 1. The summed E-state index contributed by atoms with van der Waals surface area (Å²) in [5, 5.41) is 9.30. The van der Waals surface area contributed by atoms with E-state index in [1.54, 1.807) is 7.11 Å².